The first-order valence-electron chi connectivity index (χ1n) is 12.9. The summed E-state index contributed by atoms with van der Waals surface area (Å²) in [6, 6.07) is 12.7. The molecule has 4 rings (SSSR count). The third-order valence-electron chi connectivity index (χ3n) is 6.40. The number of phenolic OH excluding ortho intramolecular Hbond substituents is 1. The number of ketones is 1. The molecule has 0 saturated heterocycles. The van der Waals surface area contributed by atoms with Crippen molar-refractivity contribution in [2.24, 2.45) is 5.92 Å². The molecule has 2 N–H and O–H groups in total. The summed E-state index contributed by atoms with van der Waals surface area (Å²) >= 11 is 0. The van der Waals surface area contributed by atoms with E-state index in [1.54, 1.807) is 25.4 Å². The Morgan fingerprint density at radius 2 is 1.97 bits per heavy atom. The Bertz CT molecular complexity index is 1360. The molecule has 200 valence electrons. The molecule has 10 nitrogen and oxygen atoms in total. The van der Waals surface area contributed by atoms with Gasteiger partial charge in [0.2, 0.25) is 11.6 Å². The fourth-order valence-electron chi connectivity index (χ4n) is 4.47. The number of methoxy groups -OCH3 is 1. The quantitative estimate of drug-likeness (QED) is 0.182. The Kier molecular flexibility index (Phi) is 9.21. The van der Waals surface area contributed by atoms with Gasteiger partial charge in [0.25, 0.3) is 11.8 Å². The van der Waals surface area contributed by atoms with Gasteiger partial charge in [0.15, 0.2) is 0 Å². The highest BCUT2D eigenvalue weighted by Gasteiger charge is 2.19. The molecule has 10 heteroatoms. The zero-order valence-electron chi connectivity index (χ0n) is 21.7. The molecule has 0 saturated carbocycles. The summed E-state index contributed by atoms with van der Waals surface area (Å²) in [6.45, 7) is 3.51. The van der Waals surface area contributed by atoms with Crippen molar-refractivity contribution >= 4 is 22.6 Å². The number of nitrogens with one attached hydrogen (secondary N) is 1. The zero-order valence-corrected chi connectivity index (χ0v) is 21.7. The third-order valence-corrected chi connectivity index (χ3v) is 6.40. The monoisotopic (exact) mass is 519 g/mol. The highest BCUT2D eigenvalue weighted by molar-refractivity contribution is 6.02. The van der Waals surface area contributed by atoms with E-state index in [1.807, 2.05) is 35.0 Å². The Hall–Kier alpha value is -4.05. The molecule has 0 bridgehead atoms. The first kappa shape index (κ1) is 27.0. The molecule has 4 aromatic rings. The number of hydrogen-bond acceptors (Lipinski definition) is 8. The average Bonchev–Trinajstić information content (AvgIpc) is 3.58. The topological polar surface area (TPSA) is 132 Å². The second-order valence-corrected chi connectivity index (χ2v) is 9.25. The summed E-state index contributed by atoms with van der Waals surface area (Å²) in [5.41, 5.74) is 1.62. The average molecular weight is 520 g/mol. The molecule has 0 radical (unpaired) electrons. The fourth-order valence-corrected chi connectivity index (χ4v) is 4.47. The highest BCUT2D eigenvalue weighted by atomic mass is 16.5. The summed E-state index contributed by atoms with van der Waals surface area (Å²) < 4.78 is 12.0. The van der Waals surface area contributed by atoms with Crippen LogP contribution in [-0.2, 0) is 11.3 Å². The van der Waals surface area contributed by atoms with E-state index in [9.17, 15) is 14.7 Å². The van der Waals surface area contributed by atoms with Gasteiger partial charge in [-0.05, 0) is 37.3 Å². The standard InChI is InChI=1S/C28H33N5O5/c1-3-8-19(9-7-12-24(34)28-30-26(32-38-28)20-10-5-4-6-11-20)17-33-18-22-23(31-33)14-13-21(25(22)35)27(36)29-15-16-37-2/h4-6,10-11,13-14,18-19,35H,3,7-9,12,15-17H2,1-2H3,(H,29,36). The van der Waals surface area contributed by atoms with Gasteiger partial charge >= 0.3 is 0 Å². The molecular weight excluding hydrogens is 486 g/mol. The van der Waals surface area contributed by atoms with E-state index < -0.39 is 0 Å². The second kappa shape index (κ2) is 13.0. The lowest BCUT2D eigenvalue weighted by molar-refractivity contribution is 0.0927. The lowest BCUT2D eigenvalue weighted by atomic mass is 9.96. The molecule has 2 aromatic heterocycles. The van der Waals surface area contributed by atoms with E-state index in [0.717, 1.165) is 24.8 Å². The lowest BCUT2D eigenvalue weighted by Gasteiger charge is -2.15. The zero-order chi connectivity index (χ0) is 26.9. The minimum Gasteiger partial charge on any atom is -0.506 e. The molecule has 0 aliphatic heterocycles. The third kappa shape index (κ3) is 6.63. The van der Waals surface area contributed by atoms with E-state index in [0.29, 0.717) is 55.2 Å². The van der Waals surface area contributed by atoms with Crippen molar-refractivity contribution in [3.8, 4) is 17.1 Å². The van der Waals surface area contributed by atoms with Crippen LogP contribution in [0.4, 0.5) is 0 Å². The van der Waals surface area contributed by atoms with Crippen LogP contribution >= 0.6 is 0 Å². The number of fused-ring (bicyclic) bond motifs is 1. The van der Waals surface area contributed by atoms with Gasteiger partial charge in [0, 0.05) is 38.4 Å². The summed E-state index contributed by atoms with van der Waals surface area (Å²) in [7, 11) is 1.56. The van der Waals surface area contributed by atoms with Crippen LogP contribution in [0.1, 0.15) is 60.1 Å². The molecule has 0 fully saturated rings. The predicted molar refractivity (Wildman–Crippen MR) is 142 cm³/mol. The van der Waals surface area contributed by atoms with Crippen molar-refractivity contribution in [2.45, 2.75) is 45.6 Å². The number of amides is 1. The number of aromatic hydroxyl groups is 1. The van der Waals surface area contributed by atoms with Gasteiger partial charge in [0.05, 0.1) is 23.1 Å². The van der Waals surface area contributed by atoms with Crippen molar-refractivity contribution in [1.29, 1.82) is 0 Å². The number of nitrogens with zero attached hydrogens (tertiary/aromatic N) is 4. The number of phenols is 1. The summed E-state index contributed by atoms with van der Waals surface area (Å²) in [5.74, 6) is 0.120. The second-order valence-electron chi connectivity index (χ2n) is 9.25. The van der Waals surface area contributed by atoms with E-state index >= 15 is 0 Å². The molecule has 38 heavy (non-hydrogen) atoms. The van der Waals surface area contributed by atoms with Gasteiger partial charge in [-0.25, -0.2) is 0 Å². The number of hydrogen-bond donors (Lipinski definition) is 2. The van der Waals surface area contributed by atoms with Crippen molar-refractivity contribution in [2.75, 3.05) is 20.3 Å². The van der Waals surface area contributed by atoms with Crippen LogP contribution in [0.3, 0.4) is 0 Å². The lowest BCUT2D eigenvalue weighted by Crippen LogP contribution is -2.26. The highest BCUT2D eigenvalue weighted by Crippen LogP contribution is 2.29. The normalized spacial score (nSPS) is 12.1. The van der Waals surface area contributed by atoms with Crippen LogP contribution in [0.2, 0.25) is 0 Å². The molecule has 1 amide bonds. The van der Waals surface area contributed by atoms with Crippen LogP contribution in [-0.4, -0.2) is 57.0 Å². The van der Waals surface area contributed by atoms with E-state index in [-0.39, 0.29) is 28.9 Å². The van der Waals surface area contributed by atoms with Crippen molar-refractivity contribution in [1.82, 2.24) is 25.2 Å². The molecule has 0 aliphatic carbocycles. The van der Waals surface area contributed by atoms with Crippen LogP contribution < -0.4 is 5.32 Å². The first-order valence-corrected chi connectivity index (χ1v) is 12.9. The predicted octanol–water partition coefficient (Wildman–Crippen LogP) is 4.64. The van der Waals surface area contributed by atoms with E-state index in [1.165, 1.54) is 0 Å². The molecule has 0 spiro atoms. The number of carbonyl (C=O) groups excluding carboxylic acids is 2. The van der Waals surface area contributed by atoms with Gasteiger partial charge in [-0.3, -0.25) is 14.3 Å². The molecule has 1 atom stereocenters. The summed E-state index contributed by atoms with van der Waals surface area (Å²) in [6.07, 6.45) is 5.58. The SMILES string of the molecule is CCCC(CCCC(=O)c1nc(-c2ccccc2)no1)Cn1cc2c(O)c(C(=O)NCCOC)ccc2n1. The first-order chi connectivity index (χ1) is 18.5. The maximum Gasteiger partial charge on any atom is 0.294 e. The number of ether oxygens (including phenoxy) is 1. The van der Waals surface area contributed by atoms with Gasteiger partial charge in [0.1, 0.15) is 5.75 Å². The number of carbonyl (C=O) groups is 2. The van der Waals surface area contributed by atoms with Crippen LogP contribution in [0.25, 0.3) is 22.3 Å². The van der Waals surface area contributed by atoms with E-state index in [4.69, 9.17) is 9.26 Å². The number of Topliss-reactive ketones (excluding diaryl/α,β-unsaturated/α-hetero) is 1. The summed E-state index contributed by atoms with van der Waals surface area (Å²) in [5, 5.41) is 22.5. The molecular formula is C28H33N5O5. The largest absolute Gasteiger partial charge is 0.506 e. The Morgan fingerprint density at radius 3 is 2.74 bits per heavy atom. The number of aromatic nitrogens is 4. The van der Waals surface area contributed by atoms with Gasteiger partial charge in [-0.1, -0.05) is 48.8 Å². The molecule has 1 unspecified atom stereocenters. The van der Waals surface area contributed by atoms with Gasteiger partial charge < -0.3 is 19.7 Å². The van der Waals surface area contributed by atoms with Crippen molar-refractivity contribution in [3.05, 3.63) is 60.1 Å². The van der Waals surface area contributed by atoms with Crippen LogP contribution in [0, 0.1) is 5.92 Å². The summed E-state index contributed by atoms with van der Waals surface area (Å²) in [4.78, 5) is 29.3. The number of rotatable bonds is 14. The van der Waals surface area contributed by atoms with E-state index in [2.05, 4.69) is 27.5 Å². The van der Waals surface area contributed by atoms with Crippen LogP contribution in [0.15, 0.2) is 53.2 Å². The Morgan fingerprint density at radius 1 is 1.16 bits per heavy atom. The minimum absolute atomic E-state index is 0.0340. The van der Waals surface area contributed by atoms with Crippen molar-refractivity contribution < 1.29 is 24.0 Å². The van der Waals surface area contributed by atoms with Crippen molar-refractivity contribution in [3.63, 3.8) is 0 Å². The minimum atomic E-state index is -0.361. The molecule has 0 aliphatic rings. The smallest absolute Gasteiger partial charge is 0.294 e. The maximum absolute atomic E-state index is 12.6. The van der Waals surface area contributed by atoms with Crippen LogP contribution in [0.5, 0.6) is 5.75 Å². The van der Waals surface area contributed by atoms with Gasteiger partial charge in [-0.2, -0.15) is 10.1 Å². The molecule has 2 aromatic carbocycles. The van der Waals surface area contributed by atoms with Gasteiger partial charge in [-0.15, -0.1) is 0 Å². The Balaban J connectivity index is 1.35. The Labute approximate surface area is 221 Å². The maximum atomic E-state index is 12.6. The fraction of sp³-hybridized carbons (Fsp3) is 0.393. The number of benzene rings is 2. The molecule has 2 heterocycles.